The zero-order valence-electron chi connectivity index (χ0n) is 20.6. The molecule has 9 nitrogen and oxygen atoms in total. The average Bonchev–Trinajstić information content (AvgIpc) is 3.76. The van der Waals surface area contributed by atoms with Crippen molar-refractivity contribution in [1.82, 2.24) is 20.5 Å². The molecule has 2 aromatic heterocycles. The van der Waals surface area contributed by atoms with Gasteiger partial charge >= 0.3 is 0 Å². The van der Waals surface area contributed by atoms with Gasteiger partial charge in [0.15, 0.2) is 0 Å². The topological polar surface area (TPSA) is 110 Å². The molecule has 1 aliphatic heterocycles. The van der Waals surface area contributed by atoms with E-state index in [9.17, 15) is 9.00 Å². The number of nitrogens with zero attached hydrogens (tertiary/aromatic N) is 5. The third kappa shape index (κ3) is 6.19. The minimum absolute atomic E-state index is 0.270. The van der Waals surface area contributed by atoms with Gasteiger partial charge < -0.3 is 15.0 Å². The minimum Gasteiger partial charge on any atom is -0.492 e. The second-order valence-electron chi connectivity index (χ2n) is 9.25. The molecule has 1 aliphatic carbocycles. The third-order valence-corrected chi connectivity index (χ3v) is 9.22. The molecule has 0 spiro atoms. The Hall–Kier alpha value is -3.24. The number of halogens is 1. The summed E-state index contributed by atoms with van der Waals surface area (Å²) in [4.78, 5) is 19.6. The molecule has 3 aromatic rings. The van der Waals surface area contributed by atoms with Crippen LogP contribution in [0.5, 0.6) is 5.75 Å². The molecule has 194 valence electrons. The highest BCUT2D eigenvalue weighted by atomic mass is 35.5. The molecule has 3 heterocycles. The standard InChI is InChI=1S/C26H29ClN6O3S/c1-28-37(35)11-9-33(10-12-37)25-20(3-2-8-29-25)15-30-26(34)21-14-23(32-31-16-21)19-6-7-24(22(27)13-19)36-17-18-4-5-18/h2-3,6-8,13-14,16,18H,4-5,9-12,15,17H2,1H3,(H,30,34). The van der Waals surface area contributed by atoms with Crippen molar-refractivity contribution in [1.29, 1.82) is 0 Å². The van der Waals surface area contributed by atoms with Crippen LogP contribution in [0.2, 0.25) is 5.02 Å². The lowest BCUT2D eigenvalue weighted by Crippen LogP contribution is -2.41. The van der Waals surface area contributed by atoms with Gasteiger partial charge in [0.2, 0.25) is 0 Å². The summed E-state index contributed by atoms with van der Waals surface area (Å²) < 4.78 is 22.4. The number of benzene rings is 1. The van der Waals surface area contributed by atoms with Crippen molar-refractivity contribution in [3.63, 3.8) is 0 Å². The monoisotopic (exact) mass is 540 g/mol. The van der Waals surface area contributed by atoms with Gasteiger partial charge in [-0.05, 0) is 49.1 Å². The van der Waals surface area contributed by atoms with Gasteiger partial charge in [-0.3, -0.25) is 4.79 Å². The quantitative estimate of drug-likeness (QED) is 0.462. The number of anilines is 1. The molecule has 0 atom stereocenters. The fourth-order valence-electron chi connectivity index (χ4n) is 4.15. The number of hydrogen-bond acceptors (Lipinski definition) is 8. The number of ether oxygens (including phenoxy) is 1. The van der Waals surface area contributed by atoms with Crippen LogP contribution in [0.4, 0.5) is 5.82 Å². The van der Waals surface area contributed by atoms with E-state index in [1.807, 2.05) is 24.3 Å². The molecule has 1 saturated carbocycles. The van der Waals surface area contributed by atoms with Gasteiger partial charge in [-0.1, -0.05) is 17.7 Å². The first-order valence-corrected chi connectivity index (χ1v) is 14.5. The van der Waals surface area contributed by atoms with Crippen LogP contribution in [0.15, 0.2) is 53.2 Å². The first kappa shape index (κ1) is 25.4. The minimum atomic E-state index is -2.12. The zero-order chi connectivity index (χ0) is 25.8. The summed E-state index contributed by atoms with van der Waals surface area (Å²) in [5.74, 6) is 2.81. The van der Waals surface area contributed by atoms with Gasteiger partial charge in [0.1, 0.15) is 11.6 Å². The van der Waals surface area contributed by atoms with E-state index < -0.39 is 9.73 Å². The van der Waals surface area contributed by atoms with E-state index in [1.54, 1.807) is 25.4 Å². The summed E-state index contributed by atoms with van der Waals surface area (Å²) in [5, 5.41) is 11.7. The predicted molar refractivity (Wildman–Crippen MR) is 145 cm³/mol. The van der Waals surface area contributed by atoms with Crippen molar-refractivity contribution < 1.29 is 13.7 Å². The molecule has 0 bridgehead atoms. The Labute approximate surface area is 221 Å². The number of nitrogens with one attached hydrogen (secondary N) is 1. The number of carbonyl (C=O) groups is 1. The molecular formula is C26H29ClN6O3S. The summed E-state index contributed by atoms with van der Waals surface area (Å²) in [5.41, 5.74) is 2.57. The van der Waals surface area contributed by atoms with E-state index in [4.69, 9.17) is 16.3 Å². The van der Waals surface area contributed by atoms with Crippen molar-refractivity contribution in [2.24, 2.45) is 10.3 Å². The number of pyridine rings is 1. The second kappa shape index (κ2) is 11.0. The van der Waals surface area contributed by atoms with E-state index in [1.165, 1.54) is 19.0 Å². The van der Waals surface area contributed by atoms with Crippen LogP contribution < -0.4 is 15.0 Å². The summed E-state index contributed by atoms with van der Waals surface area (Å²) >= 11 is 6.42. The highest BCUT2D eigenvalue weighted by Crippen LogP contribution is 2.33. The van der Waals surface area contributed by atoms with Gasteiger partial charge in [-0.2, -0.15) is 10.2 Å². The molecule has 0 unspecified atom stereocenters. The number of amides is 1. The summed E-state index contributed by atoms with van der Waals surface area (Å²) in [7, 11) is -0.504. The van der Waals surface area contributed by atoms with Gasteiger partial charge in [0.05, 0.1) is 29.1 Å². The predicted octanol–water partition coefficient (Wildman–Crippen LogP) is 3.83. The molecule has 5 rings (SSSR count). The first-order valence-electron chi connectivity index (χ1n) is 12.3. The molecule has 0 radical (unpaired) electrons. The summed E-state index contributed by atoms with van der Waals surface area (Å²) in [6.07, 6.45) is 5.58. The Morgan fingerprint density at radius 3 is 2.78 bits per heavy atom. The van der Waals surface area contributed by atoms with Gasteiger partial charge in [-0.15, -0.1) is 0 Å². The SMILES string of the molecule is CN=S1(=O)CCN(c2ncccc2CNC(=O)c2cnnc(-c3ccc(OCC4CC4)c(Cl)c3)c2)CC1. The van der Waals surface area contributed by atoms with Crippen LogP contribution in [0.3, 0.4) is 0 Å². The zero-order valence-corrected chi connectivity index (χ0v) is 22.2. The molecule has 37 heavy (non-hydrogen) atoms. The average molecular weight is 541 g/mol. The molecule has 2 aliphatic rings. The van der Waals surface area contributed by atoms with E-state index in [0.29, 0.717) is 65.7 Å². The maximum Gasteiger partial charge on any atom is 0.253 e. The highest BCUT2D eigenvalue weighted by Gasteiger charge is 2.23. The lowest BCUT2D eigenvalue weighted by Gasteiger charge is -2.31. The molecule has 1 aromatic carbocycles. The fourth-order valence-corrected chi connectivity index (χ4v) is 5.96. The summed E-state index contributed by atoms with van der Waals surface area (Å²) in [6, 6.07) is 10.9. The Morgan fingerprint density at radius 1 is 1.24 bits per heavy atom. The molecule has 11 heteroatoms. The molecular weight excluding hydrogens is 512 g/mol. The molecule has 1 saturated heterocycles. The Balaban J connectivity index is 1.25. The van der Waals surface area contributed by atoms with E-state index in [0.717, 1.165) is 16.9 Å². The van der Waals surface area contributed by atoms with Crippen molar-refractivity contribution in [3.8, 4) is 17.0 Å². The number of hydrogen-bond donors (Lipinski definition) is 1. The largest absolute Gasteiger partial charge is 0.492 e. The molecule has 1 N–H and O–H groups in total. The maximum absolute atomic E-state index is 13.0. The lowest BCUT2D eigenvalue weighted by atomic mass is 10.1. The number of carbonyl (C=O) groups excluding carboxylic acids is 1. The van der Waals surface area contributed by atoms with Gasteiger partial charge in [0, 0.05) is 65.2 Å². The van der Waals surface area contributed by atoms with Crippen LogP contribution in [-0.4, -0.2) is 63.5 Å². The summed E-state index contributed by atoms with van der Waals surface area (Å²) in [6.45, 7) is 2.19. The first-order chi connectivity index (χ1) is 17.9. The maximum atomic E-state index is 13.0. The Bertz CT molecular complexity index is 1410. The fraction of sp³-hybridized carbons (Fsp3) is 0.385. The van der Waals surface area contributed by atoms with Crippen molar-refractivity contribution >= 4 is 33.1 Å². The smallest absolute Gasteiger partial charge is 0.253 e. The van der Waals surface area contributed by atoms with E-state index in [2.05, 4.69) is 29.8 Å². The van der Waals surface area contributed by atoms with Crippen molar-refractivity contribution in [3.05, 3.63) is 64.9 Å². The van der Waals surface area contributed by atoms with Crippen LogP contribution in [0.1, 0.15) is 28.8 Å². The van der Waals surface area contributed by atoms with Crippen LogP contribution in [-0.2, 0) is 16.3 Å². The van der Waals surface area contributed by atoms with Crippen molar-refractivity contribution in [2.75, 3.05) is 43.1 Å². The Kier molecular flexibility index (Phi) is 7.57. The molecule has 2 fully saturated rings. The normalized spacial score (nSPS) is 16.8. The second-order valence-corrected chi connectivity index (χ2v) is 12.4. The van der Waals surface area contributed by atoms with Gasteiger partial charge in [0.25, 0.3) is 5.91 Å². The van der Waals surface area contributed by atoms with Crippen LogP contribution >= 0.6 is 11.6 Å². The number of rotatable bonds is 8. The lowest BCUT2D eigenvalue weighted by molar-refractivity contribution is 0.0950. The number of aromatic nitrogens is 3. The van der Waals surface area contributed by atoms with Crippen LogP contribution in [0, 0.1) is 5.92 Å². The van der Waals surface area contributed by atoms with Gasteiger partial charge in [-0.25, -0.2) is 13.6 Å². The van der Waals surface area contributed by atoms with Crippen LogP contribution in [0.25, 0.3) is 11.3 Å². The Morgan fingerprint density at radius 2 is 2.05 bits per heavy atom. The third-order valence-electron chi connectivity index (χ3n) is 6.62. The van der Waals surface area contributed by atoms with Crippen molar-refractivity contribution in [2.45, 2.75) is 19.4 Å². The molecule has 1 amide bonds. The van der Waals surface area contributed by atoms with E-state index >= 15 is 0 Å². The highest BCUT2D eigenvalue weighted by molar-refractivity contribution is 7.93. The van der Waals surface area contributed by atoms with E-state index in [-0.39, 0.29) is 5.91 Å².